The van der Waals surface area contributed by atoms with Gasteiger partial charge < -0.3 is 15.1 Å². The number of amides is 1. The second kappa shape index (κ2) is 7.81. The van der Waals surface area contributed by atoms with E-state index in [-0.39, 0.29) is 24.8 Å². The number of fused-ring (bicyclic) bond motifs is 2. The third-order valence-electron chi connectivity index (χ3n) is 5.65. The first-order chi connectivity index (χ1) is 13.8. The van der Waals surface area contributed by atoms with Gasteiger partial charge in [-0.1, -0.05) is 0 Å². The lowest BCUT2D eigenvalue weighted by Crippen LogP contribution is -2.54. The summed E-state index contributed by atoms with van der Waals surface area (Å²) in [5.74, 6) is 0.593. The number of carbonyl (C=O) groups is 1. The van der Waals surface area contributed by atoms with E-state index in [1.807, 2.05) is 10.6 Å². The summed E-state index contributed by atoms with van der Waals surface area (Å²) >= 11 is 0. The molecule has 0 spiro atoms. The summed E-state index contributed by atoms with van der Waals surface area (Å²) in [6.07, 6.45) is -1.68. The van der Waals surface area contributed by atoms with E-state index in [1.165, 1.54) is 5.56 Å². The molecule has 0 atom stereocenters. The van der Waals surface area contributed by atoms with Crippen molar-refractivity contribution < 1.29 is 18.0 Å². The Labute approximate surface area is 166 Å². The highest BCUT2D eigenvalue weighted by Crippen LogP contribution is 2.32. The number of hydrogen-bond donors (Lipinski definition) is 1. The van der Waals surface area contributed by atoms with E-state index >= 15 is 0 Å². The third kappa shape index (κ3) is 4.31. The zero-order valence-corrected chi connectivity index (χ0v) is 16.4. The van der Waals surface area contributed by atoms with Gasteiger partial charge in [-0.25, -0.2) is 4.98 Å². The third-order valence-corrected chi connectivity index (χ3v) is 5.65. The van der Waals surface area contributed by atoms with E-state index in [2.05, 4.69) is 27.3 Å². The van der Waals surface area contributed by atoms with Gasteiger partial charge in [-0.3, -0.25) is 4.79 Å². The molecule has 7 nitrogen and oxygen atoms in total. The van der Waals surface area contributed by atoms with Crippen LogP contribution in [0.1, 0.15) is 24.1 Å². The van der Waals surface area contributed by atoms with Crippen LogP contribution in [0.4, 0.5) is 19.0 Å². The number of carbonyl (C=O) groups excluding carboxylic acids is 1. The van der Waals surface area contributed by atoms with E-state index in [0.29, 0.717) is 13.1 Å². The van der Waals surface area contributed by atoms with E-state index in [9.17, 15) is 18.0 Å². The fourth-order valence-electron chi connectivity index (χ4n) is 3.97. The fourth-order valence-corrected chi connectivity index (χ4v) is 3.97. The first kappa shape index (κ1) is 19.9. The van der Waals surface area contributed by atoms with Crippen molar-refractivity contribution in [3.8, 4) is 0 Å². The van der Waals surface area contributed by atoms with Crippen LogP contribution in [0.15, 0.2) is 12.3 Å². The zero-order chi connectivity index (χ0) is 20.6. The molecule has 4 heterocycles. The Morgan fingerprint density at radius 1 is 1.28 bits per heavy atom. The van der Waals surface area contributed by atoms with Crippen LogP contribution in [0.5, 0.6) is 0 Å². The largest absolute Gasteiger partial charge is 0.389 e. The number of hydrogen-bond acceptors (Lipinski definition) is 5. The molecular formula is C19H25F3N6O. The van der Waals surface area contributed by atoms with Crippen molar-refractivity contribution in [2.45, 2.75) is 31.9 Å². The zero-order valence-electron chi connectivity index (χ0n) is 16.4. The van der Waals surface area contributed by atoms with Crippen LogP contribution in [-0.2, 0) is 17.6 Å². The Bertz CT molecular complexity index is 890. The molecule has 10 heteroatoms. The maximum Gasteiger partial charge on any atom is 0.389 e. The quantitative estimate of drug-likeness (QED) is 0.760. The summed E-state index contributed by atoms with van der Waals surface area (Å²) in [6, 6.07) is 1.88. The first-order valence-electron chi connectivity index (χ1n) is 9.95. The number of anilines is 1. The van der Waals surface area contributed by atoms with E-state index in [1.54, 1.807) is 6.20 Å². The predicted octanol–water partition coefficient (Wildman–Crippen LogP) is 1.65. The predicted molar refractivity (Wildman–Crippen MR) is 102 cm³/mol. The van der Waals surface area contributed by atoms with Crippen LogP contribution in [0, 0.1) is 5.92 Å². The molecule has 1 saturated heterocycles. The van der Waals surface area contributed by atoms with Crippen LogP contribution in [0.25, 0.3) is 5.65 Å². The van der Waals surface area contributed by atoms with Crippen LogP contribution < -0.4 is 10.2 Å². The lowest BCUT2D eigenvalue weighted by atomic mass is 9.97. The highest BCUT2D eigenvalue weighted by atomic mass is 19.4. The number of alkyl halides is 3. The molecule has 1 amide bonds. The molecule has 0 bridgehead atoms. The van der Waals surface area contributed by atoms with Crippen molar-refractivity contribution in [1.29, 1.82) is 0 Å². The van der Waals surface area contributed by atoms with Gasteiger partial charge >= 0.3 is 6.18 Å². The smallest absolute Gasteiger partial charge is 0.356 e. The molecule has 29 heavy (non-hydrogen) atoms. The van der Waals surface area contributed by atoms with E-state index < -0.39 is 12.6 Å². The second-order valence-electron chi connectivity index (χ2n) is 7.88. The Morgan fingerprint density at radius 2 is 2.03 bits per heavy atom. The lowest BCUT2D eigenvalue weighted by molar-refractivity contribution is -0.136. The summed E-state index contributed by atoms with van der Waals surface area (Å²) < 4.78 is 38.5. The summed E-state index contributed by atoms with van der Waals surface area (Å²) in [5, 5.41) is 7.06. The SMILES string of the molecule is CN1CCc2nc3ccnn3c(N3CC(C(=O)NCCCC(F)(F)F)C3)c2CC1. The molecule has 2 aliphatic rings. The molecule has 4 rings (SSSR count). The molecular weight excluding hydrogens is 385 g/mol. The minimum atomic E-state index is -4.18. The van der Waals surface area contributed by atoms with Gasteiger partial charge in [0.05, 0.1) is 17.8 Å². The summed E-state index contributed by atoms with van der Waals surface area (Å²) in [6.45, 7) is 3.01. The van der Waals surface area contributed by atoms with Crippen molar-refractivity contribution in [3.05, 3.63) is 23.5 Å². The normalized spacial score (nSPS) is 18.4. The number of nitrogens with one attached hydrogen (secondary N) is 1. The molecule has 0 aliphatic carbocycles. The Balaban J connectivity index is 1.43. The van der Waals surface area contributed by atoms with Crippen LogP contribution in [-0.4, -0.2) is 71.4 Å². The molecule has 2 aliphatic heterocycles. The number of likely N-dealkylation sites (N-methyl/N-ethyl adjacent to an activating group) is 1. The van der Waals surface area contributed by atoms with E-state index in [4.69, 9.17) is 4.98 Å². The van der Waals surface area contributed by atoms with Gasteiger partial charge in [0.15, 0.2) is 5.65 Å². The minimum Gasteiger partial charge on any atom is -0.356 e. The molecule has 1 N–H and O–H groups in total. The fraction of sp³-hybridized carbons (Fsp3) is 0.632. The van der Waals surface area contributed by atoms with Crippen molar-refractivity contribution in [2.24, 2.45) is 5.92 Å². The Hall–Kier alpha value is -2.36. The topological polar surface area (TPSA) is 65.8 Å². The number of nitrogens with zero attached hydrogens (tertiary/aromatic N) is 5. The van der Waals surface area contributed by atoms with Gasteiger partial charge in [-0.05, 0) is 19.9 Å². The number of aromatic nitrogens is 3. The van der Waals surface area contributed by atoms with Crippen molar-refractivity contribution in [3.63, 3.8) is 0 Å². The van der Waals surface area contributed by atoms with Gasteiger partial charge in [0.25, 0.3) is 0 Å². The lowest BCUT2D eigenvalue weighted by Gasteiger charge is -2.41. The highest BCUT2D eigenvalue weighted by Gasteiger charge is 2.36. The van der Waals surface area contributed by atoms with Crippen molar-refractivity contribution in [2.75, 3.05) is 44.7 Å². The minimum absolute atomic E-state index is 0.0508. The van der Waals surface area contributed by atoms with Crippen LogP contribution >= 0.6 is 0 Å². The summed E-state index contributed by atoms with van der Waals surface area (Å²) in [7, 11) is 2.10. The standard InChI is InChI=1S/C19H25F3N6O/c1-26-9-4-14-15(5-10-26)25-16-3-8-24-28(16)18(14)27-11-13(12-27)17(29)23-7-2-6-19(20,21)22/h3,8,13H,2,4-7,9-12H2,1H3,(H,23,29). The van der Waals surface area contributed by atoms with Gasteiger partial charge in [0.2, 0.25) is 5.91 Å². The average Bonchev–Trinajstić information content (AvgIpc) is 3.00. The molecule has 1 fully saturated rings. The number of rotatable bonds is 5. The molecule has 0 aromatic carbocycles. The Morgan fingerprint density at radius 3 is 2.79 bits per heavy atom. The van der Waals surface area contributed by atoms with Gasteiger partial charge in [0, 0.05) is 57.2 Å². The first-order valence-corrected chi connectivity index (χ1v) is 9.95. The summed E-state index contributed by atoms with van der Waals surface area (Å²) in [5.41, 5.74) is 3.05. The van der Waals surface area contributed by atoms with Gasteiger partial charge in [0.1, 0.15) is 5.82 Å². The molecule has 2 aromatic heterocycles. The van der Waals surface area contributed by atoms with Gasteiger partial charge in [-0.2, -0.15) is 22.8 Å². The molecule has 0 saturated carbocycles. The molecule has 0 unspecified atom stereocenters. The Kier molecular flexibility index (Phi) is 5.37. The highest BCUT2D eigenvalue weighted by molar-refractivity contribution is 5.82. The molecule has 158 valence electrons. The molecule has 2 aromatic rings. The van der Waals surface area contributed by atoms with Crippen molar-refractivity contribution >= 4 is 17.4 Å². The van der Waals surface area contributed by atoms with E-state index in [0.717, 1.165) is 43.1 Å². The maximum atomic E-state index is 12.3. The average molecular weight is 410 g/mol. The number of halogens is 3. The second-order valence-corrected chi connectivity index (χ2v) is 7.88. The summed E-state index contributed by atoms with van der Waals surface area (Å²) in [4.78, 5) is 21.4. The van der Waals surface area contributed by atoms with Crippen LogP contribution in [0.3, 0.4) is 0 Å². The maximum absolute atomic E-state index is 12.3. The monoisotopic (exact) mass is 410 g/mol. The van der Waals surface area contributed by atoms with Gasteiger partial charge in [-0.15, -0.1) is 0 Å². The van der Waals surface area contributed by atoms with Crippen LogP contribution in [0.2, 0.25) is 0 Å². The molecule has 0 radical (unpaired) electrons. The van der Waals surface area contributed by atoms with Crippen molar-refractivity contribution in [1.82, 2.24) is 24.8 Å².